The summed E-state index contributed by atoms with van der Waals surface area (Å²) >= 11 is 0. The lowest BCUT2D eigenvalue weighted by molar-refractivity contribution is -0.135. The number of carboxylic acids is 1. The minimum absolute atomic E-state index is 0.168. The average molecular weight is 337 g/mol. The number of hydrogen-bond donors (Lipinski definition) is 1. The summed E-state index contributed by atoms with van der Waals surface area (Å²) in [5.74, 6) is -1.85. The first-order valence-electron chi connectivity index (χ1n) is 6.79. The third-order valence-corrected chi connectivity index (χ3v) is 5.25. The van der Waals surface area contributed by atoms with Crippen LogP contribution in [0.3, 0.4) is 0 Å². The van der Waals surface area contributed by atoms with Gasteiger partial charge in [-0.1, -0.05) is 6.07 Å². The molecule has 0 atom stereocenters. The van der Waals surface area contributed by atoms with Crippen molar-refractivity contribution < 1.29 is 22.7 Å². The van der Waals surface area contributed by atoms with Crippen LogP contribution in [-0.2, 0) is 14.8 Å². The van der Waals surface area contributed by atoms with Gasteiger partial charge in [0, 0.05) is 0 Å². The Labute approximate surface area is 134 Å². The summed E-state index contributed by atoms with van der Waals surface area (Å²) in [7, 11) is -4.11. The van der Waals surface area contributed by atoms with Crippen LogP contribution in [0.2, 0.25) is 0 Å². The van der Waals surface area contributed by atoms with Gasteiger partial charge in [0.2, 0.25) is 0 Å². The lowest BCUT2D eigenvalue weighted by Gasteiger charge is -2.23. The molecule has 0 aliphatic rings. The van der Waals surface area contributed by atoms with E-state index in [1.54, 1.807) is 18.2 Å². The monoisotopic (exact) mass is 337 g/mol. The van der Waals surface area contributed by atoms with Crippen molar-refractivity contribution in [3.05, 3.63) is 59.4 Å². The fourth-order valence-corrected chi connectivity index (χ4v) is 3.46. The van der Waals surface area contributed by atoms with Crippen LogP contribution in [-0.4, -0.2) is 26.0 Å². The molecule has 0 heterocycles. The van der Waals surface area contributed by atoms with Gasteiger partial charge in [-0.2, -0.15) is 0 Å². The molecule has 5 nitrogen and oxygen atoms in total. The van der Waals surface area contributed by atoms with Gasteiger partial charge in [-0.15, -0.1) is 0 Å². The molecule has 0 aromatic heterocycles. The molecule has 0 spiro atoms. The molecular weight excluding hydrogens is 321 g/mol. The summed E-state index contributed by atoms with van der Waals surface area (Å²) < 4.78 is 39.2. The van der Waals surface area contributed by atoms with E-state index in [-0.39, 0.29) is 10.6 Å². The Morgan fingerprint density at radius 3 is 2.22 bits per heavy atom. The summed E-state index contributed by atoms with van der Waals surface area (Å²) in [5.41, 5.74) is 2.05. The van der Waals surface area contributed by atoms with Gasteiger partial charge in [0.25, 0.3) is 10.0 Å². The fourth-order valence-electron chi connectivity index (χ4n) is 2.05. The van der Waals surface area contributed by atoms with Crippen LogP contribution in [0.1, 0.15) is 11.1 Å². The molecule has 1 N–H and O–H groups in total. The maximum Gasteiger partial charge on any atom is 0.324 e. The third-order valence-electron chi connectivity index (χ3n) is 3.46. The zero-order chi connectivity index (χ0) is 17.2. The first kappa shape index (κ1) is 17.0. The number of benzene rings is 2. The second-order valence-electron chi connectivity index (χ2n) is 5.13. The van der Waals surface area contributed by atoms with Crippen LogP contribution in [0, 0.1) is 19.7 Å². The second kappa shape index (κ2) is 6.37. The number of halogens is 1. The SMILES string of the molecule is Cc1ccc(N(CC(=O)O)S(=O)(=O)c2ccc(F)cc2)cc1C. The number of sulfonamides is 1. The molecule has 122 valence electrons. The van der Waals surface area contributed by atoms with Crippen LogP contribution in [0.4, 0.5) is 10.1 Å². The minimum atomic E-state index is -4.11. The zero-order valence-corrected chi connectivity index (χ0v) is 13.5. The largest absolute Gasteiger partial charge is 0.480 e. The van der Waals surface area contributed by atoms with Gasteiger partial charge in [-0.3, -0.25) is 9.10 Å². The normalized spacial score (nSPS) is 11.3. The highest BCUT2D eigenvalue weighted by molar-refractivity contribution is 7.92. The smallest absolute Gasteiger partial charge is 0.324 e. The maximum atomic E-state index is 13.0. The molecule has 2 aromatic rings. The molecule has 7 heteroatoms. The van der Waals surface area contributed by atoms with E-state index < -0.39 is 28.4 Å². The van der Waals surface area contributed by atoms with E-state index >= 15 is 0 Å². The Morgan fingerprint density at radius 2 is 1.70 bits per heavy atom. The van der Waals surface area contributed by atoms with Crippen molar-refractivity contribution in [1.29, 1.82) is 0 Å². The Kier molecular flexibility index (Phi) is 4.70. The third kappa shape index (κ3) is 3.68. The van der Waals surface area contributed by atoms with Gasteiger partial charge in [-0.25, -0.2) is 12.8 Å². The van der Waals surface area contributed by atoms with Crippen molar-refractivity contribution in [3.63, 3.8) is 0 Å². The van der Waals surface area contributed by atoms with E-state index in [1.165, 1.54) is 0 Å². The summed E-state index contributed by atoms with van der Waals surface area (Å²) in [6.45, 7) is 2.96. The number of rotatable bonds is 5. The summed E-state index contributed by atoms with van der Waals surface area (Å²) in [4.78, 5) is 10.9. The van der Waals surface area contributed by atoms with E-state index in [9.17, 15) is 17.6 Å². The molecule has 0 aliphatic carbocycles. The predicted octanol–water partition coefficient (Wildman–Crippen LogP) is 2.72. The average Bonchev–Trinajstić information content (AvgIpc) is 2.48. The molecule has 0 fully saturated rings. The van der Waals surface area contributed by atoms with E-state index in [0.717, 1.165) is 39.7 Å². The molecule has 23 heavy (non-hydrogen) atoms. The predicted molar refractivity (Wildman–Crippen MR) is 84.5 cm³/mol. The number of carboxylic acid groups (broad SMARTS) is 1. The van der Waals surface area contributed by atoms with Gasteiger partial charge < -0.3 is 5.11 Å². The van der Waals surface area contributed by atoms with Gasteiger partial charge in [-0.05, 0) is 61.4 Å². The first-order valence-corrected chi connectivity index (χ1v) is 8.23. The summed E-state index contributed by atoms with van der Waals surface area (Å²) in [6, 6.07) is 9.14. The molecule has 0 bridgehead atoms. The minimum Gasteiger partial charge on any atom is -0.480 e. The van der Waals surface area contributed by atoms with Crippen LogP contribution in [0.25, 0.3) is 0 Å². The quantitative estimate of drug-likeness (QED) is 0.910. The van der Waals surface area contributed by atoms with Crippen molar-refractivity contribution in [1.82, 2.24) is 0 Å². The standard InChI is InChI=1S/C16H16FNO4S/c1-11-3-6-14(9-12(11)2)18(10-16(19)20)23(21,22)15-7-4-13(17)5-8-15/h3-9H,10H2,1-2H3,(H,19,20). The Morgan fingerprint density at radius 1 is 1.09 bits per heavy atom. The van der Waals surface area contributed by atoms with Gasteiger partial charge in [0.15, 0.2) is 0 Å². The van der Waals surface area contributed by atoms with Crippen molar-refractivity contribution in [2.45, 2.75) is 18.7 Å². The Hall–Kier alpha value is -2.41. The van der Waals surface area contributed by atoms with Crippen molar-refractivity contribution >= 4 is 21.7 Å². The molecular formula is C16H16FNO4S. The zero-order valence-electron chi connectivity index (χ0n) is 12.7. The Balaban J connectivity index is 2.55. The number of aryl methyl sites for hydroxylation is 2. The van der Waals surface area contributed by atoms with Gasteiger partial charge in [0.05, 0.1) is 10.6 Å². The van der Waals surface area contributed by atoms with Gasteiger partial charge >= 0.3 is 5.97 Å². The number of nitrogens with zero attached hydrogens (tertiary/aromatic N) is 1. The lowest BCUT2D eigenvalue weighted by atomic mass is 10.1. The van der Waals surface area contributed by atoms with E-state index in [4.69, 9.17) is 5.11 Å². The lowest BCUT2D eigenvalue weighted by Crippen LogP contribution is -2.35. The molecule has 0 unspecified atom stereocenters. The molecule has 2 aromatic carbocycles. The van der Waals surface area contributed by atoms with Gasteiger partial charge in [0.1, 0.15) is 12.4 Å². The molecule has 0 saturated heterocycles. The van der Waals surface area contributed by atoms with E-state index in [2.05, 4.69) is 0 Å². The van der Waals surface area contributed by atoms with E-state index in [1.807, 2.05) is 13.8 Å². The van der Waals surface area contributed by atoms with Crippen molar-refractivity contribution in [2.75, 3.05) is 10.8 Å². The highest BCUT2D eigenvalue weighted by Crippen LogP contribution is 2.25. The maximum absolute atomic E-state index is 13.0. The number of hydrogen-bond acceptors (Lipinski definition) is 3. The molecule has 0 radical (unpaired) electrons. The highest BCUT2D eigenvalue weighted by atomic mass is 32.2. The Bertz CT molecular complexity index is 832. The van der Waals surface area contributed by atoms with Crippen molar-refractivity contribution in [3.8, 4) is 0 Å². The number of anilines is 1. The fraction of sp³-hybridized carbons (Fsp3) is 0.188. The van der Waals surface area contributed by atoms with E-state index in [0.29, 0.717) is 0 Å². The number of aliphatic carboxylic acids is 1. The molecule has 2 rings (SSSR count). The van der Waals surface area contributed by atoms with Crippen LogP contribution >= 0.6 is 0 Å². The van der Waals surface area contributed by atoms with Crippen LogP contribution < -0.4 is 4.31 Å². The second-order valence-corrected chi connectivity index (χ2v) is 6.99. The molecule has 0 aliphatic heterocycles. The summed E-state index contributed by atoms with van der Waals surface area (Å²) in [5, 5.41) is 9.06. The van der Waals surface area contributed by atoms with Crippen molar-refractivity contribution in [2.24, 2.45) is 0 Å². The molecule has 0 saturated carbocycles. The number of carbonyl (C=O) groups is 1. The topological polar surface area (TPSA) is 74.7 Å². The van der Waals surface area contributed by atoms with Crippen LogP contribution in [0.5, 0.6) is 0 Å². The van der Waals surface area contributed by atoms with Crippen LogP contribution in [0.15, 0.2) is 47.4 Å². The highest BCUT2D eigenvalue weighted by Gasteiger charge is 2.27. The molecule has 0 amide bonds. The summed E-state index contributed by atoms with van der Waals surface area (Å²) in [6.07, 6.45) is 0. The first-order chi connectivity index (χ1) is 10.7.